The Morgan fingerprint density at radius 1 is 1.11 bits per heavy atom. The van der Waals surface area contributed by atoms with E-state index >= 15 is 0 Å². The molecule has 2 aliphatic rings. The lowest BCUT2D eigenvalue weighted by molar-refractivity contribution is -0.137. The van der Waals surface area contributed by atoms with Gasteiger partial charge in [-0.15, -0.1) is 0 Å². The van der Waals surface area contributed by atoms with Crippen molar-refractivity contribution in [2.45, 2.75) is 95.4 Å². The van der Waals surface area contributed by atoms with Crippen molar-refractivity contribution in [2.24, 2.45) is 17.8 Å². The SMILES string of the molecule is CCCCC(O)(C/C=C/[C@@H]1[C@@H](C/C=C\CCCC(=O)O)[C@H](O)C[C@@H]1O)C1CC1. The lowest BCUT2D eigenvalue weighted by Crippen LogP contribution is -2.30. The number of aliphatic hydroxyl groups is 3. The molecule has 2 saturated carbocycles. The third kappa shape index (κ3) is 7.02. The Morgan fingerprint density at radius 2 is 1.86 bits per heavy atom. The molecule has 0 heterocycles. The second-order valence-corrected chi connectivity index (χ2v) is 8.72. The Bertz CT molecular complexity index is 539. The Balaban J connectivity index is 1.87. The fraction of sp³-hybridized carbons (Fsp3) is 0.783. The molecule has 0 aromatic rings. The zero-order valence-corrected chi connectivity index (χ0v) is 17.2. The van der Waals surface area contributed by atoms with Gasteiger partial charge >= 0.3 is 5.97 Å². The van der Waals surface area contributed by atoms with Gasteiger partial charge in [0.1, 0.15) is 0 Å². The number of unbranched alkanes of at least 4 members (excludes halogenated alkanes) is 2. The number of carbonyl (C=O) groups is 1. The highest BCUT2D eigenvalue weighted by molar-refractivity contribution is 5.66. The quantitative estimate of drug-likeness (QED) is 0.281. The lowest BCUT2D eigenvalue weighted by Gasteiger charge is -2.27. The molecule has 160 valence electrons. The fourth-order valence-electron chi connectivity index (χ4n) is 4.45. The summed E-state index contributed by atoms with van der Waals surface area (Å²) in [6.07, 6.45) is 15.2. The van der Waals surface area contributed by atoms with E-state index in [2.05, 4.69) is 6.92 Å². The maximum absolute atomic E-state index is 11.0. The smallest absolute Gasteiger partial charge is 0.303 e. The summed E-state index contributed by atoms with van der Waals surface area (Å²) in [5, 5.41) is 40.3. The monoisotopic (exact) mass is 394 g/mol. The molecule has 2 rings (SSSR count). The van der Waals surface area contributed by atoms with E-state index in [0.717, 1.165) is 32.1 Å². The van der Waals surface area contributed by atoms with E-state index in [0.29, 0.717) is 38.0 Å². The number of aliphatic carboxylic acids is 1. The Morgan fingerprint density at radius 3 is 2.50 bits per heavy atom. The minimum Gasteiger partial charge on any atom is -0.481 e. The van der Waals surface area contributed by atoms with Gasteiger partial charge in [0.2, 0.25) is 0 Å². The van der Waals surface area contributed by atoms with E-state index in [1.54, 1.807) is 0 Å². The highest BCUT2D eigenvalue weighted by Crippen LogP contribution is 2.45. The fourth-order valence-corrected chi connectivity index (χ4v) is 4.45. The highest BCUT2D eigenvalue weighted by atomic mass is 16.4. The van der Waals surface area contributed by atoms with Crippen LogP contribution >= 0.6 is 0 Å². The van der Waals surface area contributed by atoms with Gasteiger partial charge in [-0.3, -0.25) is 4.79 Å². The molecule has 0 saturated heterocycles. The van der Waals surface area contributed by atoms with Crippen LogP contribution in [0.4, 0.5) is 0 Å². The van der Waals surface area contributed by atoms with Crippen LogP contribution in [-0.4, -0.2) is 44.2 Å². The Hall–Kier alpha value is -1.17. The average molecular weight is 395 g/mol. The summed E-state index contributed by atoms with van der Waals surface area (Å²) in [7, 11) is 0. The molecule has 0 bridgehead atoms. The van der Waals surface area contributed by atoms with Crippen molar-refractivity contribution >= 4 is 5.97 Å². The first-order valence-corrected chi connectivity index (χ1v) is 11.0. The summed E-state index contributed by atoms with van der Waals surface area (Å²) in [5.41, 5.74) is -0.617. The van der Waals surface area contributed by atoms with Crippen LogP contribution in [0.2, 0.25) is 0 Å². The molecule has 0 radical (unpaired) electrons. The second kappa shape index (κ2) is 11.1. The number of rotatable bonds is 13. The van der Waals surface area contributed by atoms with Crippen LogP contribution in [0, 0.1) is 17.8 Å². The van der Waals surface area contributed by atoms with E-state index in [-0.39, 0.29) is 18.3 Å². The van der Waals surface area contributed by atoms with Crippen LogP contribution in [-0.2, 0) is 4.79 Å². The number of carboxylic acids is 1. The van der Waals surface area contributed by atoms with Crippen molar-refractivity contribution in [3.05, 3.63) is 24.3 Å². The molecular formula is C23H38O5. The first kappa shape index (κ1) is 23.1. The maximum Gasteiger partial charge on any atom is 0.303 e. The zero-order valence-electron chi connectivity index (χ0n) is 17.2. The van der Waals surface area contributed by atoms with Crippen molar-refractivity contribution in [3.8, 4) is 0 Å². The average Bonchev–Trinajstić information content (AvgIpc) is 3.45. The summed E-state index contributed by atoms with van der Waals surface area (Å²) >= 11 is 0. The van der Waals surface area contributed by atoms with E-state index in [1.807, 2.05) is 24.3 Å². The van der Waals surface area contributed by atoms with Crippen LogP contribution in [0.15, 0.2) is 24.3 Å². The largest absolute Gasteiger partial charge is 0.481 e. The van der Waals surface area contributed by atoms with Gasteiger partial charge in [0.05, 0.1) is 17.8 Å². The van der Waals surface area contributed by atoms with Crippen molar-refractivity contribution in [1.29, 1.82) is 0 Å². The molecule has 0 aliphatic heterocycles. The number of allylic oxidation sites excluding steroid dienone is 2. The predicted molar refractivity (Wildman–Crippen MR) is 110 cm³/mol. The molecule has 2 aliphatic carbocycles. The Labute approximate surface area is 169 Å². The van der Waals surface area contributed by atoms with E-state index in [4.69, 9.17) is 5.11 Å². The summed E-state index contributed by atoms with van der Waals surface area (Å²) in [6.45, 7) is 2.14. The van der Waals surface area contributed by atoms with Gasteiger partial charge in [0.15, 0.2) is 0 Å². The molecular weight excluding hydrogens is 356 g/mol. The minimum atomic E-state index is -0.780. The van der Waals surface area contributed by atoms with Gasteiger partial charge in [-0.25, -0.2) is 0 Å². The molecule has 5 atom stereocenters. The van der Waals surface area contributed by atoms with Gasteiger partial charge in [-0.1, -0.05) is 44.1 Å². The first-order valence-electron chi connectivity index (χ1n) is 11.0. The maximum atomic E-state index is 11.0. The van der Waals surface area contributed by atoms with Crippen LogP contribution in [0.3, 0.4) is 0 Å². The molecule has 0 amide bonds. The van der Waals surface area contributed by atoms with Crippen molar-refractivity contribution < 1.29 is 25.2 Å². The number of hydrogen-bond donors (Lipinski definition) is 4. The normalized spacial score (nSPS) is 30.3. The minimum absolute atomic E-state index is 0.0355. The van der Waals surface area contributed by atoms with Gasteiger partial charge in [-0.2, -0.15) is 0 Å². The molecule has 2 fully saturated rings. The van der Waals surface area contributed by atoms with Gasteiger partial charge in [-0.05, 0) is 56.8 Å². The summed E-state index contributed by atoms with van der Waals surface area (Å²) in [4.78, 5) is 10.5. The molecule has 1 unspecified atom stereocenters. The molecule has 4 N–H and O–H groups in total. The van der Waals surface area contributed by atoms with Crippen molar-refractivity contribution in [1.82, 2.24) is 0 Å². The number of aliphatic hydroxyl groups excluding tert-OH is 2. The Kier molecular flexibility index (Phi) is 9.19. The molecule has 5 heteroatoms. The van der Waals surface area contributed by atoms with Crippen molar-refractivity contribution in [2.75, 3.05) is 0 Å². The van der Waals surface area contributed by atoms with Crippen LogP contribution in [0.1, 0.15) is 77.6 Å². The molecule has 5 nitrogen and oxygen atoms in total. The van der Waals surface area contributed by atoms with Crippen LogP contribution in [0.5, 0.6) is 0 Å². The predicted octanol–water partition coefficient (Wildman–Crippen LogP) is 3.82. The van der Waals surface area contributed by atoms with Gasteiger partial charge in [0.25, 0.3) is 0 Å². The lowest BCUT2D eigenvalue weighted by atomic mass is 9.85. The van der Waals surface area contributed by atoms with E-state index in [9.17, 15) is 20.1 Å². The van der Waals surface area contributed by atoms with E-state index < -0.39 is 23.8 Å². The third-order valence-electron chi connectivity index (χ3n) is 6.38. The molecule has 0 aromatic carbocycles. The topological polar surface area (TPSA) is 98.0 Å². The van der Waals surface area contributed by atoms with Gasteiger partial charge in [0, 0.05) is 18.8 Å². The third-order valence-corrected chi connectivity index (χ3v) is 6.38. The summed E-state index contributed by atoms with van der Waals surface area (Å²) < 4.78 is 0. The van der Waals surface area contributed by atoms with Crippen LogP contribution in [0.25, 0.3) is 0 Å². The standard InChI is InChI=1S/C23H38O5/c1-2-3-14-23(28,17-12-13-17)15-8-10-19-18(20(24)16-21(19)25)9-6-4-5-7-11-22(26)27/h4,6,8,10,17-21,24-25,28H,2-3,5,7,9,11-16H2,1H3,(H,26,27)/b6-4-,10-8+/t18-,19-,20-,21+,23?/m1/s1. The van der Waals surface area contributed by atoms with E-state index in [1.165, 1.54) is 0 Å². The van der Waals surface area contributed by atoms with Crippen LogP contribution < -0.4 is 0 Å². The highest BCUT2D eigenvalue weighted by Gasteiger charge is 2.43. The second-order valence-electron chi connectivity index (χ2n) is 8.72. The first-order chi connectivity index (χ1) is 13.4. The zero-order chi connectivity index (χ0) is 20.6. The summed E-state index contributed by atoms with van der Waals surface area (Å²) in [5.74, 6) is -0.509. The number of carboxylic acid groups (broad SMARTS) is 1. The van der Waals surface area contributed by atoms with Crippen molar-refractivity contribution in [3.63, 3.8) is 0 Å². The van der Waals surface area contributed by atoms with Gasteiger partial charge < -0.3 is 20.4 Å². The summed E-state index contributed by atoms with van der Waals surface area (Å²) in [6, 6.07) is 0. The molecule has 0 spiro atoms. The molecule has 28 heavy (non-hydrogen) atoms. The number of hydrogen-bond acceptors (Lipinski definition) is 4. The molecule has 0 aromatic heterocycles.